The number of benzene rings is 1. The van der Waals surface area contributed by atoms with Gasteiger partial charge in [0.05, 0.1) is 31.3 Å². The van der Waals surface area contributed by atoms with Gasteiger partial charge in [-0.25, -0.2) is 0 Å². The Morgan fingerprint density at radius 2 is 2.15 bits per heavy atom. The lowest BCUT2D eigenvalue weighted by atomic mass is 9.99. The summed E-state index contributed by atoms with van der Waals surface area (Å²) in [7, 11) is 1.59. The quantitative estimate of drug-likeness (QED) is 0.764. The number of amides is 2. The molecule has 0 spiro atoms. The number of aliphatic hydroxyl groups is 1. The summed E-state index contributed by atoms with van der Waals surface area (Å²) in [5.41, 5.74) is 1.69. The highest BCUT2D eigenvalue weighted by atomic mass is 16.5. The minimum absolute atomic E-state index is 0.00345. The average Bonchev–Trinajstić information content (AvgIpc) is 2.91. The first-order valence-electron chi connectivity index (χ1n) is 9.14. The topological polar surface area (TPSA) is 94.7 Å². The first-order chi connectivity index (χ1) is 12.7. The van der Waals surface area contributed by atoms with Crippen molar-refractivity contribution in [3.05, 3.63) is 29.5 Å². The van der Waals surface area contributed by atoms with E-state index in [0.29, 0.717) is 24.3 Å². The zero-order valence-corrected chi connectivity index (χ0v) is 16.3. The predicted molar refractivity (Wildman–Crippen MR) is 103 cm³/mol. The van der Waals surface area contributed by atoms with Gasteiger partial charge in [0.15, 0.2) is 0 Å². The predicted octanol–water partition coefficient (Wildman–Crippen LogP) is 2.01. The Kier molecular flexibility index (Phi) is 5.15. The summed E-state index contributed by atoms with van der Waals surface area (Å²) in [5.74, 6) is 0.120. The van der Waals surface area contributed by atoms with E-state index in [1.165, 1.54) is 0 Å². The smallest absolute Gasteiger partial charge is 0.256 e. The van der Waals surface area contributed by atoms with E-state index in [9.17, 15) is 14.7 Å². The second kappa shape index (κ2) is 7.23. The number of carbonyl (C=O) groups excluding carboxylic acids is 2. The van der Waals surface area contributed by atoms with Crippen molar-refractivity contribution >= 4 is 22.7 Å². The molecule has 1 atom stereocenters. The number of hydrogen-bond acceptors (Lipinski definition) is 4. The number of aliphatic hydroxyl groups excluding tert-OH is 1. The molecule has 1 aliphatic rings. The van der Waals surface area contributed by atoms with Crippen LogP contribution in [0.25, 0.3) is 10.9 Å². The maximum Gasteiger partial charge on any atom is 0.256 e. The van der Waals surface area contributed by atoms with Crippen LogP contribution in [-0.4, -0.2) is 59.1 Å². The molecule has 3 N–H and O–H groups in total. The molecule has 27 heavy (non-hydrogen) atoms. The Morgan fingerprint density at radius 1 is 1.41 bits per heavy atom. The Hall–Kier alpha value is -2.54. The van der Waals surface area contributed by atoms with E-state index in [-0.39, 0.29) is 36.4 Å². The molecule has 2 aromatic rings. The number of aromatic nitrogens is 1. The number of rotatable bonds is 4. The van der Waals surface area contributed by atoms with Crippen molar-refractivity contribution in [3.63, 3.8) is 0 Å². The minimum atomic E-state index is -0.359. The molecule has 146 valence electrons. The SMILES string of the molecule is COc1ccc2c3c([nH]c2c1)C(CO)CCN(CC(=O)NC(C)(C)C)C3=O. The molecular formula is C20H27N3O4. The van der Waals surface area contributed by atoms with Gasteiger partial charge in [0.2, 0.25) is 5.91 Å². The number of nitrogens with one attached hydrogen (secondary N) is 2. The fourth-order valence-electron chi connectivity index (χ4n) is 3.54. The summed E-state index contributed by atoms with van der Waals surface area (Å²) in [6, 6.07) is 5.48. The van der Waals surface area contributed by atoms with Gasteiger partial charge < -0.3 is 25.0 Å². The van der Waals surface area contributed by atoms with Crippen LogP contribution < -0.4 is 10.1 Å². The second-order valence-electron chi connectivity index (χ2n) is 8.02. The molecule has 7 nitrogen and oxygen atoms in total. The number of carbonyl (C=O) groups is 2. The molecule has 0 saturated carbocycles. The molecule has 7 heteroatoms. The van der Waals surface area contributed by atoms with Crippen molar-refractivity contribution in [3.8, 4) is 5.75 Å². The molecule has 0 fully saturated rings. The second-order valence-corrected chi connectivity index (χ2v) is 8.02. The van der Waals surface area contributed by atoms with Crippen LogP contribution in [0.4, 0.5) is 0 Å². The summed E-state index contributed by atoms with van der Waals surface area (Å²) in [4.78, 5) is 30.4. The lowest BCUT2D eigenvalue weighted by molar-refractivity contribution is -0.123. The van der Waals surface area contributed by atoms with Gasteiger partial charge in [-0.1, -0.05) is 0 Å². The number of aromatic amines is 1. The normalized spacial score (nSPS) is 17.6. The molecule has 0 bridgehead atoms. The highest BCUT2D eigenvalue weighted by Crippen LogP contribution is 2.34. The van der Waals surface area contributed by atoms with Gasteiger partial charge in [-0.05, 0) is 39.3 Å². The molecule has 0 saturated heterocycles. The summed E-state index contributed by atoms with van der Waals surface area (Å²) in [6.45, 7) is 6.07. The van der Waals surface area contributed by atoms with Gasteiger partial charge >= 0.3 is 0 Å². The van der Waals surface area contributed by atoms with E-state index in [4.69, 9.17) is 4.74 Å². The Morgan fingerprint density at radius 3 is 2.78 bits per heavy atom. The van der Waals surface area contributed by atoms with Crippen LogP contribution in [0.2, 0.25) is 0 Å². The molecule has 0 aliphatic carbocycles. The standard InChI is InChI=1S/C20H27N3O4/c1-20(2,3)22-16(25)10-23-8-7-12(11-24)18-17(19(23)26)14-6-5-13(27-4)9-15(14)21-18/h5-6,9,12,21,24H,7-8,10-11H2,1-4H3,(H,22,25). The highest BCUT2D eigenvalue weighted by molar-refractivity contribution is 6.09. The minimum Gasteiger partial charge on any atom is -0.497 e. The molecular weight excluding hydrogens is 346 g/mol. The Balaban J connectivity index is 1.98. The van der Waals surface area contributed by atoms with Crippen LogP contribution in [0.1, 0.15) is 49.2 Å². The van der Waals surface area contributed by atoms with Crippen molar-refractivity contribution in [1.82, 2.24) is 15.2 Å². The van der Waals surface area contributed by atoms with Crippen molar-refractivity contribution in [1.29, 1.82) is 0 Å². The van der Waals surface area contributed by atoms with Crippen molar-refractivity contribution < 1.29 is 19.4 Å². The monoisotopic (exact) mass is 373 g/mol. The molecule has 1 aromatic carbocycles. The van der Waals surface area contributed by atoms with Crippen molar-refractivity contribution in [2.45, 2.75) is 38.6 Å². The van der Waals surface area contributed by atoms with Crippen LogP contribution in [0.5, 0.6) is 5.75 Å². The number of fused-ring (bicyclic) bond motifs is 3. The van der Waals surface area contributed by atoms with Gasteiger partial charge in [0.1, 0.15) is 5.75 Å². The molecule has 0 radical (unpaired) electrons. The Labute approximate surface area is 158 Å². The highest BCUT2D eigenvalue weighted by Gasteiger charge is 2.32. The van der Waals surface area contributed by atoms with Crippen LogP contribution in [0, 0.1) is 0 Å². The van der Waals surface area contributed by atoms with Crippen LogP contribution in [0.15, 0.2) is 18.2 Å². The largest absolute Gasteiger partial charge is 0.497 e. The van der Waals surface area contributed by atoms with E-state index in [2.05, 4.69) is 10.3 Å². The maximum absolute atomic E-state index is 13.2. The molecule has 2 amide bonds. The first kappa shape index (κ1) is 19.2. The lowest BCUT2D eigenvalue weighted by Gasteiger charge is -2.25. The molecule has 2 heterocycles. The summed E-state index contributed by atoms with van der Waals surface area (Å²) >= 11 is 0. The van der Waals surface area contributed by atoms with Gasteiger partial charge in [-0.2, -0.15) is 0 Å². The number of methoxy groups -OCH3 is 1. The number of hydrogen-bond donors (Lipinski definition) is 3. The first-order valence-corrected chi connectivity index (χ1v) is 9.14. The van der Waals surface area contributed by atoms with E-state index >= 15 is 0 Å². The summed E-state index contributed by atoms with van der Waals surface area (Å²) in [6.07, 6.45) is 0.585. The molecule has 3 rings (SSSR count). The maximum atomic E-state index is 13.2. The van der Waals surface area contributed by atoms with Crippen LogP contribution in [0.3, 0.4) is 0 Å². The zero-order valence-electron chi connectivity index (χ0n) is 16.3. The zero-order chi connectivity index (χ0) is 19.8. The van der Waals surface area contributed by atoms with E-state index in [1.54, 1.807) is 18.1 Å². The Bertz CT molecular complexity index is 866. The van der Waals surface area contributed by atoms with Gasteiger partial charge in [0.25, 0.3) is 5.91 Å². The molecule has 1 unspecified atom stereocenters. The third-order valence-electron chi connectivity index (χ3n) is 4.76. The van der Waals surface area contributed by atoms with E-state index in [0.717, 1.165) is 16.6 Å². The molecule has 1 aliphatic heterocycles. The number of nitrogens with zero attached hydrogens (tertiary/aromatic N) is 1. The summed E-state index contributed by atoms with van der Waals surface area (Å²) in [5, 5.41) is 13.5. The van der Waals surface area contributed by atoms with Gasteiger partial charge in [-0.3, -0.25) is 9.59 Å². The number of ether oxygens (including phenoxy) is 1. The fourth-order valence-corrected chi connectivity index (χ4v) is 3.54. The van der Waals surface area contributed by atoms with Crippen molar-refractivity contribution in [2.75, 3.05) is 26.8 Å². The average molecular weight is 373 g/mol. The van der Waals surface area contributed by atoms with E-state index in [1.807, 2.05) is 32.9 Å². The van der Waals surface area contributed by atoms with Gasteiger partial charge in [-0.15, -0.1) is 0 Å². The van der Waals surface area contributed by atoms with Gasteiger partial charge in [0, 0.05) is 35.1 Å². The number of H-pyrrole nitrogens is 1. The third kappa shape index (κ3) is 3.93. The third-order valence-corrected chi connectivity index (χ3v) is 4.76. The summed E-state index contributed by atoms with van der Waals surface area (Å²) < 4.78 is 5.26. The van der Waals surface area contributed by atoms with Crippen molar-refractivity contribution in [2.24, 2.45) is 0 Å². The van der Waals surface area contributed by atoms with E-state index < -0.39 is 0 Å². The lowest BCUT2D eigenvalue weighted by Crippen LogP contribution is -2.47. The van der Waals surface area contributed by atoms with Crippen LogP contribution in [-0.2, 0) is 4.79 Å². The molecule has 1 aromatic heterocycles. The van der Waals surface area contributed by atoms with Crippen LogP contribution >= 0.6 is 0 Å². The fraction of sp³-hybridized carbons (Fsp3) is 0.500.